The zero-order valence-electron chi connectivity index (χ0n) is 18.4. The number of nitrogens with zero attached hydrogens (tertiary/aromatic N) is 1. The third-order valence-electron chi connectivity index (χ3n) is 5.21. The Hall–Kier alpha value is -2.66. The normalized spacial score (nSPS) is 12.2. The van der Waals surface area contributed by atoms with Crippen LogP contribution in [0.15, 0.2) is 35.9 Å². The van der Waals surface area contributed by atoms with Crippen molar-refractivity contribution < 1.29 is 14.6 Å². The van der Waals surface area contributed by atoms with Crippen molar-refractivity contribution in [1.29, 1.82) is 0 Å². The molecule has 158 valence electrons. The van der Waals surface area contributed by atoms with Gasteiger partial charge in [0.1, 0.15) is 5.75 Å². The number of rotatable bonds is 7. The number of benzene rings is 1. The van der Waals surface area contributed by atoms with Crippen LogP contribution in [-0.2, 0) is 4.79 Å². The van der Waals surface area contributed by atoms with Gasteiger partial charge < -0.3 is 9.84 Å². The first-order chi connectivity index (χ1) is 14.2. The van der Waals surface area contributed by atoms with Gasteiger partial charge in [-0.1, -0.05) is 33.8 Å². The van der Waals surface area contributed by atoms with E-state index >= 15 is 0 Å². The zero-order chi connectivity index (χ0) is 22.0. The van der Waals surface area contributed by atoms with Crippen LogP contribution in [0.25, 0.3) is 26.8 Å². The van der Waals surface area contributed by atoms with Gasteiger partial charge in [-0.3, -0.25) is 4.98 Å². The fourth-order valence-electron chi connectivity index (χ4n) is 3.56. The fourth-order valence-corrected chi connectivity index (χ4v) is 4.47. The number of thiophene rings is 1. The lowest BCUT2D eigenvalue weighted by atomic mass is 9.89. The number of hydrogen-bond acceptors (Lipinski definition) is 4. The number of aromatic nitrogens is 1. The van der Waals surface area contributed by atoms with Crippen LogP contribution in [0, 0.1) is 0 Å². The number of carbonyl (C=O) groups is 1. The number of fused-ring (bicyclic) bond motifs is 1. The Morgan fingerprint density at radius 1 is 1.17 bits per heavy atom. The summed E-state index contributed by atoms with van der Waals surface area (Å²) < 4.78 is 7.24. The monoisotopic (exact) mass is 423 g/mol. The van der Waals surface area contributed by atoms with E-state index in [1.807, 2.05) is 19.2 Å². The molecule has 0 aliphatic carbocycles. The van der Waals surface area contributed by atoms with Crippen LogP contribution < -0.4 is 4.74 Å². The highest BCUT2D eigenvalue weighted by Gasteiger charge is 2.20. The topological polar surface area (TPSA) is 59.4 Å². The summed E-state index contributed by atoms with van der Waals surface area (Å²) in [7, 11) is 0. The maximum Gasteiger partial charge on any atom is 0.328 e. The number of hydrogen-bond donors (Lipinski definition) is 1. The van der Waals surface area contributed by atoms with Crippen LogP contribution in [0.3, 0.4) is 0 Å². The van der Waals surface area contributed by atoms with E-state index in [0.717, 1.165) is 27.0 Å². The van der Waals surface area contributed by atoms with Crippen LogP contribution in [0.2, 0.25) is 0 Å². The maximum absolute atomic E-state index is 11.1. The SMILES string of the molecule is CCOc1c(-c2csc3cnc(/C(C)=C\C(=O)O)cc23)cc(C(C)C)cc1C(C)C. The summed E-state index contributed by atoms with van der Waals surface area (Å²) in [5.74, 6) is 0.712. The van der Waals surface area contributed by atoms with Crippen LogP contribution in [-0.4, -0.2) is 22.7 Å². The fraction of sp³-hybridized carbons (Fsp3) is 0.360. The van der Waals surface area contributed by atoms with Gasteiger partial charge in [0, 0.05) is 28.8 Å². The van der Waals surface area contributed by atoms with Gasteiger partial charge in [-0.15, -0.1) is 11.3 Å². The molecule has 2 aromatic heterocycles. The molecular formula is C25H29NO3S. The standard InChI is InChI=1S/C25H29NO3S/c1-7-29-25-18(15(4)5)9-17(14(2)3)10-20(25)21-13-30-23-12-26-22(11-19(21)23)16(6)8-24(27)28/h8-15H,7H2,1-6H3,(H,27,28)/b16-8-. The molecule has 0 radical (unpaired) electrons. The molecule has 1 N–H and O–H groups in total. The van der Waals surface area contributed by atoms with Gasteiger partial charge in [0.15, 0.2) is 0 Å². The molecule has 4 nitrogen and oxygen atoms in total. The van der Waals surface area contributed by atoms with Crippen molar-refractivity contribution in [1.82, 2.24) is 4.98 Å². The quantitative estimate of drug-likeness (QED) is 0.412. The van der Waals surface area contributed by atoms with Gasteiger partial charge in [0.05, 0.1) is 17.0 Å². The molecule has 3 aromatic rings. The van der Waals surface area contributed by atoms with E-state index in [2.05, 4.69) is 50.2 Å². The first-order valence-corrected chi connectivity index (χ1v) is 11.2. The minimum Gasteiger partial charge on any atom is -0.493 e. The third-order valence-corrected chi connectivity index (χ3v) is 6.15. The van der Waals surface area contributed by atoms with E-state index < -0.39 is 5.97 Å². The van der Waals surface area contributed by atoms with Crippen molar-refractivity contribution in [3.05, 3.63) is 52.7 Å². The molecule has 5 heteroatoms. The molecule has 0 fully saturated rings. The van der Waals surface area contributed by atoms with E-state index in [9.17, 15) is 4.79 Å². The number of carboxylic acid groups (broad SMARTS) is 1. The first-order valence-electron chi connectivity index (χ1n) is 10.3. The number of carboxylic acids is 1. The highest BCUT2D eigenvalue weighted by atomic mass is 32.1. The molecule has 0 unspecified atom stereocenters. The lowest BCUT2D eigenvalue weighted by Crippen LogP contribution is -2.03. The minimum absolute atomic E-state index is 0.340. The van der Waals surface area contributed by atoms with Gasteiger partial charge in [-0.25, -0.2) is 4.79 Å². The molecule has 0 saturated carbocycles. The van der Waals surface area contributed by atoms with Gasteiger partial charge >= 0.3 is 5.97 Å². The summed E-state index contributed by atoms with van der Waals surface area (Å²) in [6.45, 7) is 13.2. The van der Waals surface area contributed by atoms with Crippen molar-refractivity contribution in [2.75, 3.05) is 6.61 Å². The Bertz CT molecular complexity index is 1110. The van der Waals surface area contributed by atoms with Crippen molar-refractivity contribution >= 4 is 33.0 Å². The third kappa shape index (κ3) is 4.41. The first kappa shape index (κ1) is 22.0. The molecule has 1 aromatic carbocycles. The van der Waals surface area contributed by atoms with Gasteiger partial charge in [0.25, 0.3) is 0 Å². The Morgan fingerprint density at radius 3 is 2.50 bits per heavy atom. The molecule has 2 heterocycles. The van der Waals surface area contributed by atoms with E-state index in [0.29, 0.717) is 29.7 Å². The van der Waals surface area contributed by atoms with E-state index in [-0.39, 0.29) is 0 Å². The Labute approximate surface area is 182 Å². The number of aliphatic carboxylic acids is 1. The summed E-state index contributed by atoms with van der Waals surface area (Å²) in [6.07, 6.45) is 3.02. The van der Waals surface area contributed by atoms with Crippen LogP contribution >= 0.6 is 11.3 Å². The second kappa shape index (κ2) is 9.00. The van der Waals surface area contributed by atoms with Crippen molar-refractivity contribution in [2.24, 2.45) is 0 Å². The largest absolute Gasteiger partial charge is 0.493 e. The van der Waals surface area contributed by atoms with E-state index in [1.54, 1.807) is 18.3 Å². The molecule has 0 amide bonds. The molecule has 0 spiro atoms. The smallest absolute Gasteiger partial charge is 0.328 e. The van der Waals surface area contributed by atoms with Crippen LogP contribution in [0.5, 0.6) is 5.75 Å². The average molecular weight is 424 g/mol. The molecule has 3 rings (SSSR count). The Balaban J connectivity index is 2.29. The van der Waals surface area contributed by atoms with Gasteiger partial charge in [-0.05, 0) is 59.9 Å². The van der Waals surface area contributed by atoms with Crippen LogP contribution in [0.4, 0.5) is 0 Å². The highest BCUT2D eigenvalue weighted by Crippen LogP contribution is 2.44. The highest BCUT2D eigenvalue weighted by molar-refractivity contribution is 7.17. The van der Waals surface area contributed by atoms with Crippen LogP contribution in [0.1, 0.15) is 70.2 Å². The molecule has 30 heavy (non-hydrogen) atoms. The Morgan fingerprint density at radius 2 is 1.90 bits per heavy atom. The molecule has 0 aliphatic rings. The number of pyridine rings is 1. The summed E-state index contributed by atoms with van der Waals surface area (Å²) in [6, 6.07) is 6.50. The molecular weight excluding hydrogens is 394 g/mol. The van der Waals surface area contributed by atoms with E-state index in [4.69, 9.17) is 9.84 Å². The molecule has 0 atom stereocenters. The number of allylic oxidation sites excluding steroid dienone is 1. The summed E-state index contributed by atoms with van der Waals surface area (Å²) in [5, 5.41) is 12.3. The predicted molar refractivity (Wildman–Crippen MR) is 126 cm³/mol. The second-order valence-corrected chi connectivity index (χ2v) is 9.02. The molecule has 0 bridgehead atoms. The summed E-state index contributed by atoms with van der Waals surface area (Å²) in [5.41, 5.74) is 6.00. The summed E-state index contributed by atoms with van der Waals surface area (Å²) >= 11 is 1.64. The summed E-state index contributed by atoms with van der Waals surface area (Å²) in [4.78, 5) is 15.6. The molecule has 0 aliphatic heterocycles. The predicted octanol–water partition coefficient (Wildman–Crippen LogP) is 7.10. The van der Waals surface area contributed by atoms with E-state index in [1.165, 1.54) is 17.2 Å². The number of ether oxygens (including phenoxy) is 1. The second-order valence-electron chi connectivity index (χ2n) is 8.11. The van der Waals surface area contributed by atoms with Crippen molar-refractivity contribution in [2.45, 2.75) is 53.4 Å². The Kier molecular flexibility index (Phi) is 6.61. The van der Waals surface area contributed by atoms with Crippen molar-refractivity contribution in [3.63, 3.8) is 0 Å². The van der Waals surface area contributed by atoms with Gasteiger partial charge in [-0.2, -0.15) is 0 Å². The zero-order valence-corrected chi connectivity index (χ0v) is 19.3. The minimum atomic E-state index is -0.968. The lowest BCUT2D eigenvalue weighted by Gasteiger charge is -2.20. The maximum atomic E-state index is 11.1. The average Bonchev–Trinajstić information content (AvgIpc) is 3.10. The molecule has 0 saturated heterocycles. The van der Waals surface area contributed by atoms with Crippen molar-refractivity contribution in [3.8, 4) is 16.9 Å². The lowest BCUT2D eigenvalue weighted by molar-refractivity contribution is -0.131. The van der Waals surface area contributed by atoms with Gasteiger partial charge in [0.2, 0.25) is 0 Å².